The third-order valence-electron chi connectivity index (χ3n) is 4.93. The van der Waals surface area contributed by atoms with Gasteiger partial charge in [-0.1, -0.05) is 6.42 Å². The Kier molecular flexibility index (Phi) is 6.55. The summed E-state index contributed by atoms with van der Waals surface area (Å²) in [6.45, 7) is 2.61. The molecule has 8 nitrogen and oxygen atoms in total. The molecule has 1 aliphatic heterocycles. The molecule has 1 fully saturated rings. The Bertz CT molecular complexity index is 1110. The number of ether oxygens (including phenoxy) is 1. The van der Waals surface area contributed by atoms with E-state index in [1.54, 1.807) is 6.92 Å². The summed E-state index contributed by atoms with van der Waals surface area (Å²) in [6, 6.07) is 7.66. The zero-order valence-corrected chi connectivity index (χ0v) is 18.2. The van der Waals surface area contributed by atoms with E-state index in [4.69, 9.17) is 4.74 Å². The van der Waals surface area contributed by atoms with Gasteiger partial charge in [0.15, 0.2) is 0 Å². The largest absolute Gasteiger partial charge is 0.465 e. The zero-order valence-electron chi connectivity index (χ0n) is 16.6. The van der Waals surface area contributed by atoms with E-state index in [9.17, 15) is 23.3 Å². The molecule has 1 N–H and O–H groups in total. The summed E-state index contributed by atoms with van der Waals surface area (Å²) in [5.74, 6) is -1.09. The summed E-state index contributed by atoms with van der Waals surface area (Å²) in [5.41, 5.74) is 0.868. The third kappa shape index (κ3) is 4.23. The van der Waals surface area contributed by atoms with Crippen LogP contribution < -0.4 is 5.32 Å². The van der Waals surface area contributed by atoms with Crippen molar-refractivity contribution in [3.05, 3.63) is 45.8 Å². The minimum atomic E-state index is -3.58. The number of esters is 1. The highest BCUT2D eigenvalue weighted by atomic mass is 32.2. The van der Waals surface area contributed by atoms with E-state index in [0.717, 1.165) is 30.6 Å². The minimum Gasteiger partial charge on any atom is -0.465 e. The summed E-state index contributed by atoms with van der Waals surface area (Å²) >= 11 is 0.961. The maximum atomic E-state index is 12.7. The average Bonchev–Trinajstić information content (AvgIpc) is 3.08. The van der Waals surface area contributed by atoms with E-state index in [0.29, 0.717) is 18.7 Å². The van der Waals surface area contributed by atoms with Crippen molar-refractivity contribution in [1.29, 1.82) is 5.26 Å². The van der Waals surface area contributed by atoms with Crippen LogP contribution in [0.1, 0.15) is 50.4 Å². The number of sulfonamides is 1. The minimum absolute atomic E-state index is 0.138. The molecule has 30 heavy (non-hydrogen) atoms. The molecule has 1 aromatic carbocycles. The fraction of sp³-hybridized carbons (Fsp3) is 0.350. The topological polar surface area (TPSA) is 117 Å². The van der Waals surface area contributed by atoms with Crippen molar-refractivity contribution in [2.45, 2.75) is 31.1 Å². The number of methoxy groups -OCH3 is 1. The Morgan fingerprint density at radius 3 is 2.37 bits per heavy atom. The fourth-order valence-corrected chi connectivity index (χ4v) is 5.82. The predicted octanol–water partition coefficient (Wildman–Crippen LogP) is 3.14. The van der Waals surface area contributed by atoms with Crippen molar-refractivity contribution >= 4 is 38.2 Å². The molecule has 158 valence electrons. The summed E-state index contributed by atoms with van der Waals surface area (Å²) in [4.78, 5) is 24.8. The number of carbonyl (C=O) groups excluding carboxylic acids is 2. The number of rotatable bonds is 5. The molecule has 1 amide bonds. The van der Waals surface area contributed by atoms with Gasteiger partial charge in [-0.2, -0.15) is 9.57 Å². The molecule has 1 aromatic heterocycles. The van der Waals surface area contributed by atoms with E-state index in [1.165, 1.54) is 35.7 Å². The molecule has 0 unspecified atom stereocenters. The summed E-state index contributed by atoms with van der Waals surface area (Å²) in [5, 5.41) is 12.3. The van der Waals surface area contributed by atoms with Gasteiger partial charge in [0.05, 0.1) is 17.6 Å². The fourth-order valence-electron chi connectivity index (χ4n) is 3.23. The van der Waals surface area contributed by atoms with E-state index in [1.807, 2.05) is 6.07 Å². The van der Waals surface area contributed by atoms with Crippen molar-refractivity contribution in [1.82, 2.24) is 4.31 Å². The lowest BCUT2D eigenvalue weighted by atomic mass is 10.1. The van der Waals surface area contributed by atoms with Crippen molar-refractivity contribution in [2.24, 2.45) is 0 Å². The first-order chi connectivity index (χ1) is 14.3. The Morgan fingerprint density at radius 1 is 1.17 bits per heavy atom. The monoisotopic (exact) mass is 447 g/mol. The number of benzene rings is 1. The highest BCUT2D eigenvalue weighted by molar-refractivity contribution is 7.89. The molecule has 0 atom stereocenters. The molecule has 2 aromatic rings. The highest BCUT2D eigenvalue weighted by Gasteiger charge is 2.26. The summed E-state index contributed by atoms with van der Waals surface area (Å²) in [6.07, 6.45) is 2.71. The summed E-state index contributed by atoms with van der Waals surface area (Å²) < 4.78 is 31.6. The lowest BCUT2D eigenvalue weighted by molar-refractivity contribution is 0.0605. The van der Waals surface area contributed by atoms with Gasteiger partial charge in [-0.15, -0.1) is 11.3 Å². The lowest BCUT2D eigenvalue weighted by Crippen LogP contribution is -2.35. The third-order valence-corrected chi connectivity index (χ3v) is 8.03. The standard InChI is InChI=1S/C20H21N3O5S2/c1-13-16(12-21)19(29-17(13)20(25)28-2)22-18(24)14-6-8-15(9-7-14)30(26,27)23-10-4-3-5-11-23/h6-9H,3-5,10-11H2,1-2H3,(H,22,24). The van der Waals surface area contributed by atoms with Crippen molar-refractivity contribution < 1.29 is 22.7 Å². The molecule has 10 heteroatoms. The number of nitrogens with zero attached hydrogens (tertiary/aromatic N) is 2. The number of nitriles is 1. The smallest absolute Gasteiger partial charge is 0.348 e. The first-order valence-electron chi connectivity index (χ1n) is 9.33. The number of anilines is 1. The molecule has 0 saturated carbocycles. The van der Waals surface area contributed by atoms with Gasteiger partial charge in [-0.25, -0.2) is 13.2 Å². The number of hydrogen-bond acceptors (Lipinski definition) is 7. The maximum Gasteiger partial charge on any atom is 0.348 e. The van der Waals surface area contributed by atoms with Crippen molar-refractivity contribution in [3.8, 4) is 6.07 Å². The molecule has 1 aliphatic rings. The number of nitrogens with one attached hydrogen (secondary N) is 1. The second-order valence-electron chi connectivity index (χ2n) is 6.81. The summed E-state index contributed by atoms with van der Waals surface area (Å²) in [7, 11) is -2.34. The second kappa shape index (κ2) is 8.95. The van der Waals surface area contributed by atoms with Gasteiger partial charge < -0.3 is 10.1 Å². The van der Waals surface area contributed by atoms with Crippen LogP contribution in [0.3, 0.4) is 0 Å². The van der Waals surface area contributed by atoms with Gasteiger partial charge in [0.2, 0.25) is 10.0 Å². The Hall–Kier alpha value is -2.74. The number of amides is 1. The SMILES string of the molecule is COC(=O)c1sc(NC(=O)c2ccc(S(=O)(=O)N3CCCCC3)cc2)c(C#N)c1C. The number of hydrogen-bond donors (Lipinski definition) is 1. The molecular formula is C20H21N3O5S2. The Balaban J connectivity index is 1.80. The molecule has 3 rings (SSSR count). The van der Waals surface area contributed by atoms with Gasteiger partial charge in [-0.3, -0.25) is 4.79 Å². The van der Waals surface area contributed by atoms with Crippen LogP contribution in [0.25, 0.3) is 0 Å². The van der Waals surface area contributed by atoms with Gasteiger partial charge >= 0.3 is 5.97 Å². The first kappa shape index (κ1) is 22.0. The van der Waals surface area contributed by atoms with E-state index in [-0.39, 0.29) is 25.9 Å². The van der Waals surface area contributed by atoms with Crippen LogP contribution in [0.5, 0.6) is 0 Å². The average molecular weight is 448 g/mol. The molecular weight excluding hydrogens is 426 g/mol. The molecule has 0 spiro atoms. The molecule has 2 heterocycles. The molecule has 1 saturated heterocycles. The normalized spacial score (nSPS) is 14.7. The second-order valence-corrected chi connectivity index (χ2v) is 9.77. The quantitative estimate of drug-likeness (QED) is 0.704. The number of thiophene rings is 1. The van der Waals surface area contributed by atoms with Crippen LogP contribution in [0.15, 0.2) is 29.2 Å². The molecule has 0 aliphatic carbocycles. The van der Waals surface area contributed by atoms with Crippen LogP contribution in [-0.2, 0) is 14.8 Å². The number of carbonyl (C=O) groups is 2. The van der Waals surface area contributed by atoms with Crippen molar-refractivity contribution in [2.75, 3.05) is 25.5 Å². The predicted molar refractivity (Wildman–Crippen MR) is 112 cm³/mol. The van der Waals surface area contributed by atoms with E-state index < -0.39 is 21.9 Å². The Morgan fingerprint density at radius 2 is 1.80 bits per heavy atom. The van der Waals surface area contributed by atoms with E-state index in [2.05, 4.69) is 5.32 Å². The highest BCUT2D eigenvalue weighted by Crippen LogP contribution is 2.33. The molecule has 0 radical (unpaired) electrons. The number of piperidine rings is 1. The van der Waals surface area contributed by atoms with Crippen LogP contribution >= 0.6 is 11.3 Å². The van der Waals surface area contributed by atoms with Gasteiger partial charge in [0.25, 0.3) is 5.91 Å². The van der Waals surface area contributed by atoms with E-state index >= 15 is 0 Å². The lowest BCUT2D eigenvalue weighted by Gasteiger charge is -2.25. The first-order valence-corrected chi connectivity index (χ1v) is 11.6. The van der Waals surface area contributed by atoms with Crippen molar-refractivity contribution in [3.63, 3.8) is 0 Å². The van der Waals surface area contributed by atoms with Crippen LogP contribution in [0.4, 0.5) is 5.00 Å². The van der Waals surface area contributed by atoms with Gasteiger partial charge in [-0.05, 0) is 49.6 Å². The van der Waals surface area contributed by atoms with Gasteiger partial charge in [0, 0.05) is 18.7 Å². The van der Waals surface area contributed by atoms with Crippen LogP contribution in [0, 0.1) is 18.3 Å². The van der Waals surface area contributed by atoms with Crippen LogP contribution in [0.2, 0.25) is 0 Å². The van der Waals surface area contributed by atoms with Crippen LogP contribution in [-0.4, -0.2) is 44.8 Å². The molecule has 0 bridgehead atoms. The maximum absolute atomic E-state index is 12.7. The zero-order chi connectivity index (χ0) is 21.9. The Labute approximate surface area is 179 Å². The van der Waals surface area contributed by atoms with Gasteiger partial charge in [0.1, 0.15) is 15.9 Å².